The minimum Gasteiger partial charge on any atom is -0.341 e. The van der Waals surface area contributed by atoms with Crippen molar-refractivity contribution < 1.29 is 9.32 Å². The van der Waals surface area contributed by atoms with Crippen LogP contribution in [0.15, 0.2) is 44.5 Å². The second-order valence-corrected chi connectivity index (χ2v) is 7.38. The van der Waals surface area contributed by atoms with Crippen LogP contribution in [0.25, 0.3) is 11.4 Å². The molecule has 0 aliphatic carbocycles. The third-order valence-electron chi connectivity index (χ3n) is 4.65. The lowest BCUT2D eigenvalue weighted by Gasteiger charge is -2.32. The van der Waals surface area contributed by atoms with E-state index in [0.717, 1.165) is 18.4 Å². The number of carbonyl (C=O) groups is 1. The Labute approximate surface area is 159 Å². The van der Waals surface area contributed by atoms with Crippen molar-refractivity contribution in [3.8, 4) is 11.4 Å². The number of nitrogens with zero attached hydrogens (tertiary/aromatic N) is 5. The zero-order valence-electron chi connectivity index (χ0n) is 14.7. The first-order valence-corrected chi connectivity index (χ1v) is 9.78. The van der Waals surface area contributed by atoms with E-state index in [1.807, 2.05) is 16.8 Å². The molecule has 27 heavy (non-hydrogen) atoms. The highest BCUT2D eigenvalue weighted by molar-refractivity contribution is 7.08. The van der Waals surface area contributed by atoms with E-state index < -0.39 is 0 Å². The summed E-state index contributed by atoms with van der Waals surface area (Å²) >= 11 is 1.59. The number of aromatic nitrogens is 4. The first-order chi connectivity index (χ1) is 13.2. The number of amides is 1. The van der Waals surface area contributed by atoms with E-state index >= 15 is 0 Å². The fourth-order valence-corrected chi connectivity index (χ4v) is 3.92. The van der Waals surface area contributed by atoms with Gasteiger partial charge in [0, 0.05) is 42.7 Å². The van der Waals surface area contributed by atoms with E-state index in [9.17, 15) is 9.59 Å². The predicted molar refractivity (Wildman–Crippen MR) is 99.1 cm³/mol. The van der Waals surface area contributed by atoms with Crippen LogP contribution in [0.5, 0.6) is 0 Å². The SMILES string of the molecule is O=C(Cn1ncccc1=O)N1CCC[C@H](Cc2nc(-c3ccsc3)no2)C1. The molecule has 4 heterocycles. The van der Waals surface area contributed by atoms with Crippen molar-refractivity contribution in [3.63, 3.8) is 0 Å². The van der Waals surface area contributed by atoms with Crippen molar-refractivity contribution in [1.29, 1.82) is 0 Å². The quantitative estimate of drug-likeness (QED) is 0.665. The Balaban J connectivity index is 1.37. The molecule has 0 unspecified atom stereocenters. The van der Waals surface area contributed by atoms with Gasteiger partial charge in [0.2, 0.25) is 17.6 Å². The van der Waals surface area contributed by atoms with Crippen LogP contribution in [0.3, 0.4) is 0 Å². The van der Waals surface area contributed by atoms with Gasteiger partial charge in [0.25, 0.3) is 5.56 Å². The van der Waals surface area contributed by atoms with E-state index in [1.165, 1.54) is 16.9 Å². The van der Waals surface area contributed by atoms with Crippen LogP contribution in [0.2, 0.25) is 0 Å². The van der Waals surface area contributed by atoms with E-state index in [4.69, 9.17) is 4.52 Å². The minimum atomic E-state index is -0.272. The summed E-state index contributed by atoms with van der Waals surface area (Å²) in [5.74, 6) is 1.37. The van der Waals surface area contributed by atoms with Crippen molar-refractivity contribution in [1.82, 2.24) is 24.8 Å². The van der Waals surface area contributed by atoms with Crippen LogP contribution < -0.4 is 5.56 Å². The average Bonchev–Trinajstić information content (AvgIpc) is 3.35. The first kappa shape index (κ1) is 17.6. The summed E-state index contributed by atoms with van der Waals surface area (Å²) in [5, 5.41) is 11.9. The van der Waals surface area contributed by atoms with Crippen molar-refractivity contribution in [2.75, 3.05) is 13.1 Å². The monoisotopic (exact) mass is 385 g/mol. The molecule has 1 aliphatic rings. The molecule has 0 spiro atoms. The van der Waals surface area contributed by atoms with Gasteiger partial charge in [-0.25, -0.2) is 4.68 Å². The lowest BCUT2D eigenvalue weighted by Crippen LogP contribution is -2.43. The Kier molecular flexibility index (Phi) is 5.10. The van der Waals surface area contributed by atoms with Crippen LogP contribution in [0.1, 0.15) is 18.7 Å². The zero-order chi connectivity index (χ0) is 18.6. The molecule has 0 aromatic carbocycles. The van der Waals surface area contributed by atoms with Gasteiger partial charge >= 0.3 is 0 Å². The summed E-state index contributed by atoms with van der Waals surface area (Å²) in [6.07, 6.45) is 4.07. The molecule has 0 radical (unpaired) electrons. The Morgan fingerprint density at radius 1 is 1.37 bits per heavy atom. The number of piperidine rings is 1. The first-order valence-electron chi connectivity index (χ1n) is 8.84. The molecule has 0 saturated carbocycles. The molecule has 9 heteroatoms. The molecule has 3 aromatic rings. The van der Waals surface area contributed by atoms with Crippen LogP contribution in [-0.2, 0) is 17.8 Å². The zero-order valence-corrected chi connectivity index (χ0v) is 15.5. The van der Waals surface area contributed by atoms with E-state index in [2.05, 4.69) is 15.2 Å². The summed E-state index contributed by atoms with van der Waals surface area (Å²) in [4.78, 5) is 30.6. The molecule has 1 amide bonds. The fourth-order valence-electron chi connectivity index (χ4n) is 3.29. The number of rotatable bonds is 5. The standard InChI is InChI=1S/C18H19N5O3S/c24-16-4-1-6-19-23(16)11-17(25)22-7-2-3-13(10-22)9-15-20-18(21-26-15)14-5-8-27-12-14/h1,4-6,8,12-13H,2-3,7,9-11H2/t13-/m1/s1. The van der Waals surface area contributed by atoms with Gasteiger partial charge in [-0.05, 0) is 36.3 Å². The average molecular weight is 385 g/mol. The number of hydrogen-bond donors (Lipinski definition) is 0. The van der Waals surface area contributed by atoms with E-state index in [-0.39, 0.29) is 23.9 Å². The Morgan fingerprint density at radius 2 is 2.30 bits per heavy atom. The van der Waals surface area contributed by atoms with Gasteiger partial charge in [-0.15, -0.1) is 0 Å². The second kappa shape index (κ2) is 7.83. The number of thiophene rings is 1. The molecule has 1 aliphatic heterocycles. The summed E-state index contributed by atoms with van der Waals surface area (Å²) in [6.45, 7) is 1.28. The van der Waals surface area contributed by atoms with Crippen LogP contribution >= 0.6 is 11.3 Å². The number of likely N-dealkylation sites (tertiary alicyclic amines) is 1. The normalized spacial score (nSPS) is 17.2. The Morgan fingerprint density at radius 3 is 3.11 bits per heavy atom. The summed E-state index contributed by atoms with van der Waals surface area (Å²) in [7, 11) is 0. The summed E-state index contributed by atoms with van der Waals surface area (Å²) in [6, 6.07) is 4.93. The van der Waals surface area contributed by atoms with Gasteiger partial charge in [-0.2, -0.15) is 21.4 Å². The lowest BCUT2D eigenvalue weighted by molar-refractivity contribution is -0.134. The molecule has 1 fully saturated rings. The molecule has 3 aromatic heterocycles. The molecule has 8 nitrogen and oxygen atoms in total. The highest BCUT2D eigenvalue weighted by Gasteiger charge is 2.26. The van der Waals surface area contributed by atoms with Crippen molar-refractivity contribution in [3.05, 3.63) is 51.4 Å². The van der Waals surface area contributed by atoms with Crippen molar-refractivity contribution in [2.45, 2.75) is 25.8 Å². The van der Waals surface area contributed by atoms with Gasteiger partial charge in [0.05, 0.1) is 0 Å². The fraction of sp³-hybridized carbons (Fsp3) is 0.389. The van der Waals surface area contributed by atoms with Gasteiger partial charge in [0.15, 0.2) is 0 Å². The van der Waals surface area contributed by atoms with Crippen LogP contribution in [-0.4, -0.2) is 43.8 Å². The van der Waals surface area contributed by atoms with Gasteiger partial charge in [-0.1, -0.05) is 5.16 Å². The molecule has 0 N–H and O–H groups in total. The molecular weight excluding hydrogens is 366 g/mol. The highest BCUT2D eigenvalue weighted by atomic mass is 32.1. The summed E-state index contributed by atoms with van der Waals surface area (Å²) in [5.41, 5.74) is 0.683. The smallest absolute Gasteiger partial charge is 0.267 e. The van der Waals surface area contributed by atoms with Crippen molar-refractivity contribution in [2.24, 2.45) is 5.92 Å². The van der Waals surface area contributed by atoms with Crippen LogP contribution in [0, 0.1) is 5.92 Å². The topological polar surface area (TPSA) is 94.1 Å². The van der Waals surface area contributed by atoms with Gasteiger partial charge in [0.1, 0.15) is 6.54 Å². The maximum atomic E-state index is 12.6. The molecule has 1 atom stereocenters. The number of hydrogen-bond acceptors (Lipinski definition) is 7. The lowest BCUT2D eigenvalue weighted by atomic mass is 9.94. The summed E-state index contributed by atoms with van der Waals surface area (Å²) < 4.78 is 6.57. The Hall–Kier alpha value is -2.81. The van der Waals surface area contributed by atoms with Crippen LogP contribution in [0.4, 0.5) is 0 Å². The molecular formula is C18H19N5O3S. The molecule has 4 rings (SSSR count). The van der Waals surface area contributed by atoms with Crippen molar-refractivity contribution >= 4 is 17.2 Å². The Bertz CT molecular complexity index is 965. The van der Waals surface area contributed by atoms with E-state index in [0.29, 0.717) is 31.2 Å². The molecule has 140 valence electrons. The van der Waals surface area contributed by atoms with E-state index in [1.54, 1.807) is 22.3 Å². The largest absolute Gasteiger partial charge is 0.341 e. The van der Waals surface area contributed by atoms with Gasteiger partial charge in [-0.3, -0.25) is 9.59 Å². The second-order valence-electron chi connectivity index (χ2n) is 6.60. The molecule has 0 bridgehead atoms. The maximum absolute atomic E-state index is 12.6. The van der Waals surface area contributed by atoms with Gasteiger partial charge < -0.3 is 9.42 Å². The highest BCUT2D eigenvalue weighted by Crippen LogP contribution is 2.23. The third-order valence-corrected chi connectivity index (χ3v) is 5.34. The predicted octanol–water partition coefficient (Wildman–Crippen LogP) is 1.84. The molecule has 1 saturated heterocycles. The number of carbonyl (C=O) groups excluding carboxylic acids is 1. The maximum Gasteiger partial charge on any atom is 0.267 e. The third kappa shape index (κ3) is 4.13. The minimum absolute atomic E-state index is 0.0325.